The van der Waals surface area contributed by atoms with Gasteiger partial charge in [-0.1, -0.05) is 36.4 Å². The number of hydrogen-bond donors (Lipinski definition) is 4. The van der Waals surface area contributed by atoms with Gasteiger partial charge in [-0.3, -0.25) is 5.43 Å². The van der Waals surface area contributed by atoms with Crippen LogP contribution in [-0.2, 0) is 44.4 Å². The number of hydrazone groups is 1. The zero-order chi connectivity index (χ0) is 42.3. The van der Waals surface area contributed by atoms with Crippen LogP contribution < -0.4 is 35.2 Å². The molecule has 0 saturated carbocycles. The molecule has 1 atom stereocenters. The first kappa shape index (κ1) is 44.4. The number of halogens is 1. The van der Waals surface area contributed by atoms with E-state index in [1.165, 1.54) is 30.7 Å². The van der Waals surface area contributed by atoms with Crippen molar-refractivity contribution in [2.75, 3.05) is 27.9 Å². The van der Waals surface area contributed by atoms with Crippen LogP contribution in [0.25, 0.3) is 0 Å². The smallest absolute Gasteiger partial charge is 0.407 e. The molecule has 312 valence electrons. The Balaban J connectivity index is 1.59. The molecule has 0 radical (unpaired) electrons. The van der Waals surface area contributed by atoms with E-state index in [0.29, 0.717) is 38.5 Å². The first-order valence-electron chi connectivity index (χ1n) is 18.0. The van der Waals surface area contributed by atoms with Gasteiger partial charge in [-0.25, -0.2) is 31.9 Å². The van der Waals surface area contributed by atoms with E-state index >= 15 is 8.42 Å². The molecule has 4 aromatic rings. The van der Waals surface area contributed by atoms with E-state index in [1.54, 1.807) is 88.5 Å². The van der Waals surface area contributed by atoms with Gasteiger partial charge < -0.3 is 24.3 Å². The predicted octanol–water partition coefficient (Wildman–Crippen LogP) is 5.09. The zero-order valence-electron chi connectivity index (χ0n) is 33.2. The standard InChI is InChI=1S/C39H48IN7O9S2/c1-26(22-41-38(48)56-39(2,3)4)44-57(49,50)34-21-20-33(40)35(37-42-45-47(43-37)25-29-12-18-32(55-7)19-13-29)36(34)58(51,52)46(23-27-8-14-30(53-5)15-9-27)24-28-10-16-31(54-6)17-11-28/h8-21,26,44-45H,22-25H2,1-7H3,(H,41,48)(H,42,43). The van der Waals surface area contributed by atoms with E-state index in [9.17, 15) is 13.2 Å². The van der Waals surface area contributed by atoms with Crippen molar-refractivity contribution >= 4 is 54.6 Å². The van der Waals surface area contributed by atoms with Gasteiger partial charge in [-0.15, -0.1) is 10.2 Å². The summed E-state index contributed by atoms with van der Waals surface area (Å²) in [6, 6.07) is 23.1. The number of methoxy groups -OCH3 is 3. The van der Waals surface area contributed by atoms with Crippen LogP contribution in [0.2, 0.25) is 0 Å². The predicted molar refractivity (Wildman–Crippen MR) is 227 cm³/mol. The van der Waals surface area contributed by atoms with Crippen molar-refractivity contribution in [3.63, 3.8) is 0 Å². The summed E-state index contributed by atoms with van der Waals surface area (Å²) in [5, 5.41) is 8.55. The summed E-state index contributed by atoms with van der Waals surface area (Å²) in [6.07, 6.45) is -0.733. The number of nitrogens with one attached hydrogen (secondary N) is 4. The molecule has 1 amide bonds. The Kier molecular flexibility index (Phi) is 14.5. The number of amides is 1. The molecule has 0 aliphatic carbocycles. The lowest BCUT2D eigenvalue weighted by molar-refractivity contribution is 0.0524. The summed E-state index contributed by atoms with van der Waals surface area (Å²) in [7, 11) is -4.69. The molecular formula is C39H48IN7O9S2. The summed E-state index contributed by atoms with van der Waals surface area (Å²) in [6.45, 7) is 6.55. The number of hydrogen-bond acceptors (Lipinski definition) is 13. The fourth-order valence-corrected chi connectivity index (χ4v) is 10.3. The maximum atomic E-state index is 15.4. The topological polar surface area (TPSA) is 189 Å². The quantitative estimate of drug-likeness (QED) is 0.103. The molecule has 1 unspecified atom stereocenters. The maximum absolute atomic E-state index is 15.4. The highest BCUT2D eigenvalue weighted by molar-refractivity contribution is 14.1. The molecule has 1 aliphatic heterocycles. The number of alkyl carbamates (subject to hydrolysis) is 1. The van der Waals surface area contributed by atoms with Crippen molar-refractivity contribution in [3.8, 4) is 17.2 Å². The summed E-state index contributed by atoms with van der Waals surface area (Å²) < 4.78 is 85.1. The van der Waals surface area contributed by atoms with E-state index in [0.717, 1.165) is 5.56 Å². The van der Waals surface area contributed by atoms with Gasteiger partial charge in [0.15, 0.2) is 5.84 Å². The molecule has 58 heavy (non-hydrogen) atoms. The number of hydrazine groups is 2. The Morgan fingerprint density at radius 3 is 1.79 bits per heavy atom. The second-order valence-corrected chi connectivity index (χ2v) is 18.9. The van der Waals surface area contributed by atoms with Gasteiger partial charge in [0.05, 0.1) is 33.4 Å². The molecule has 16 nitrogen and oxygen atoms in total. The van der Waals surface area contributed by atoms with Crippen LogP contribution in [0, 0.1) is 3.57 Å². The molecule has 0 fully saturated rings. The number of amidine groups is 1. The fraction of sp³-hybridized carbons (Fsp3) is 0.333. The van der Waals surface area contributed by atoms with Crippen molar-refractivity contribution < 1.29 is 40.6 Å². The number of carbonyl (C=O) groups is 1. The summed E-state index contributed by atoms with van der Waals surface area (Å²) >= 11 is 1.97. The van der Waals surface area contributed by atoms with Crippen molar-refractivity contribution in [1.82, 2.24) is 30.4 Å². The van der Waals surface area contributed by atoms with Gasteiger partial charge in [0.1, 0.15) is 32.6 Å². The van der Waals surface area contributed by atoms with E-state index in [2.05, 4.69) is 26.1 Å². The molecule has 5 rings (SSSR count). The van der Waals surface area contributed by atoms with Crippen LogP contribution in [0.5, 0.6) is 17.2 Å². The molecule has 0 bridgehead atoms. The van der Waals surface area contributed by atoms with Crippen LogP contribution in [0.4, 0.5) is 4.79 Å². The Morgan fingerprint density at radius 2 is 1.31 bits per heavy atom. The number of rotatable bonds is 17. The second-order valence-electron chi connectivity index (χ2n) is 14.2. The van der Waals surface area contributed by atoms with E-state index in [4.69, 9.17) is 18.9 Å². The Morgan fingerprint density at radius 1 is 0.810 bits per heavy atom. The highest BCUT2D eigenvalue weighted by Crippen LogP contribution is 2.34. The van der Waals surface area contributed by atoms with Crippen LogP contribution in [0.15, 0.2) is 99.8 Å². The van der Waals surface area contributed by atoms with Gasteiger partial charge in [0.2, 0.25) is 20.0 Å². The second kappa shape index (κ2) is 18.9. The molecule has 0 aromatic heterocycles. The molecule has 4 aromatic carbocycles. The highest BCUT2D eigenvalue weighted by Gasteiger charge is 2.38. The molecule has 4 N–H and O–H groups in total. The SMILES string of the molecule is COc1ccc(CN2NN=C(c3c(I)ccc(S(=O)(=O)NC(C)CNC(=O)OC(C)(C)C)c3S(=O)(=O)N(Cc3ccc(OC)cc3)Cc3ccc(OC)cc3)N2)cc1. The largest absolute Gasteiger partial charge is 0.497 e. The lowest BCUT2D eigenvalue weighted by Crippen LogP contribution is -2.44. The normalized spacial score (nSPS) is 13.9. The van der Waals surface area contributed by atoms with Crippen molar-refractivity contribution in [3.05, 3.63) is 111 Å². The Bertz CT molecular complexity index is 2260. The van der Waals surface area contributed by atoms with Crippen LogP contribution >= 0.6 is 22.6 Å². The molecule has 0 spiro atoms. The van der Waals surface area contributed by atoms with Gasteiger partial charge in [0, 0.05) is 29.2 Å². The number of carbonyl (C=O) groups excluding carboxylic acids is 1. The minimum atomic E-state index is -4.72. The van der Waals surface area contributed by atoms with Crippen molar-refractivity contribution in [2.24, 2.45) is 5.10 Å². The molecule has 1 heterocycles. The van der Waals surface area contributed by atoms with Crippen molar-refractivity contribution in [2.45, 2.75) is 68.8 Å². The number of benzene rings is 4. The first-order valence-corrected chi connectivity index (χ1v) is 22.0. The van der Waals surface area contributed by atoms with Crippen LogP contribution in [-0.4, -0.2) is 77.7 Å². The molecular weight excluding hydrogens is 902 g/mol. The lowest BCUT2D eigenvalue weighted by Gasteiger charge is -2.27. The third-order valence-corrected chi connectivity index (χ3v) is 13.1. The average molecular weight is 950 g/mol. The van der Waals surface area contributed by atoms with Crippen molar-refractivity contribution in [1.29, 1.82) is 0 Å². The molecule has 19 heteroatoms. The summed E-state index contributed by atoms with van der Waals surface area (Å²) in [5.41, 5.74) is 7.38. The Hall–Kier alpha value is -4.67. The summed E-state index contributed by atoms with van der Waals surface area (Å²) in [5.74, 6) is 1.92. The minimum Gasteiger partial charge on any atom is -0.497 e. The lowest BCUT2D eigenvalue weighted by atomic mass is 10.2. The summed E-state index contributed by atoms with van der Waals surface area (Å²) in [4.78, 5) is 11.4. The number of sulfonamides is 2. The maximum Gasteiger partial charge on any atom is 0.407 e. The van der Waals surface area contributed by atoms with Crippen LogP contribution in [0.3, 0.4) is 0 Å². The zero-order valence-corrected chi connectivity index (χ0v) is 37.0. The van der Waals surface area contributed by atoms with Gasteiger partial charge in [-0.2, -0.15) is 4.31 Å². The van der Waals surface area contributed by atoms with Gasteiger partial charge in [-0.05, 0) is 116 Å². The molecule has 0 saturated heterocycles. The first-order chi connectivity index (χ1) is 27.4. The minimum absolute atomic E-state index is 0.0298. The van der Waals surface area contributed by atoms with Gasteiger partial charge >= 0.3 is 6.09 Å². The molecule has 1 aliphatic rings. The third kappa shape index (κ3) is 11.5. The van der Waals surface area contributed by atoms with E-state index in [-0.39, 0.29) is 31.0 Å². The third-order valence-electron chi connectivity index (χ3n) is 8.56. The average Bonchev–Trinajstić information content (AvgIpc) is 3.64. The van der Waals surface area contributed by atoms with E-state index in [1.807, 2.05) is 46.9 Å². The monoisotopic (exact) mass is 949 g/mol. The van der Waals surface area contributed by atoms with Crippen LogP contribution in [0.1, 0.15) is 49.9 Å². The highest BCUT2D eigenvalue weighted by atomic mass is 127. The van der Waals surface area contributed by atoms with E-state index < -0.39 is 47.6 Å². The van der Waals surface area contributed by atoms with Gasteiger partial charge in [0.25, 0.3) is 0 Å². The number of ether oxygens (including phenoxy) is 4. The fourth-order valence-electron chi connectivity index (χ4n) is 5.76. The number of nitrogens with zero attached hydrogens (tertiary/aromatic N) is 3. The Labute approximate surface area is 353 Å².